The van der Waals surface area contributed by atoms with Gasteiger partial charge in [-0.2, -0.15) is 0 Å². The lowest BCUT2D eigenvalue weighted by Gasteiger charge is -2.10. The molecule has 0 aliphatic carbocycles. The van der Waals surface area contributed by atoms with E-state index in [1.165, 1.54) is 0 Å². The van der Waals surface area contributed by atoms with Crippen LogP contribution >= 0.6 is 27.5 Å². The van der Waals surface area contributed by atoms with E-state index in [0.29, 0.717) is 33.5 Å². The summed E-state index contributed by atoms with van der Waals surface area (Å²) in [6.07, 6.45) is 1.01. The van der Waals surface area contributed by atoms with Gasteiger partial charge >= 0.3 is 0 Å². The van der Waals surface area contributed by atoms with E-state index < -0.39 is 0 Å². The number of ether oxygens (including phenoxy) is 2. The molecule has 1 amide bonds. The lowest BCUT2D eigenvalue weighted by atomic mass is 10.1. The van der Waals surface area contributed by atoms with Crippen LogP contribution in [0.25, 0.3) is 0 Å². The number of carbonyl (C=O) groups is 1. The number of hydrogen-bond donors (Lipinski definition) is 1. The molecule has 0 unspecified atom stereocenters. The van der Waals surface area contributed by atoms with Crippen LogP contribution < -0.4 is 14.8 Å². The number of anilines is 1. The molecule has 0 fully saturated rings. The smallest absolute Gasteiger partial charge is 0.262 e. The molecule has 6 heteroatoms. The summed E-state index contributed by atoms with van der Waals surface area (Å²) in [6, 6.07) is 12.4. The summed E-state index contributed by atoms with van der Waals surface area (Å²) in [5.74, 6) is 1.73. The van der Waals surface area contributed by atoms with E-state index in [0.717, 1.165) is 12.2 Å². The number of carbonyl (C=O) groups excluding carboxylic acids is 1. The monoisotopic (exact) mass is 425 g/mol. The number of hydrogen-bond acceptors (Lipinski definition) is 3. The van der Waals surface area contributed by atoms with Gasteiger partial charge in [-0.25, -0.2) is 0 Å². The quantitative estimate of drug-likeness (QED) is 0.602. The minimum absolute atomic E-state index is 0.0904. The highest BCUT2D eigenvalue weighted by atomic mass is 79.9. The summed E-state index contributed by atoms with van der Waals surface area (Å²) in [5.41, 5.74) is 0.694. The van der Waals surface area contributed by atoms with Crippen LogP contribution in [0.4, 0.5) is 5.69 Å². The minimum Gasteiger partial charge on any atom is -0.494 e. The highest BCUT2D eigenvalue weighted by molar-refractivity contribution is 9.10. The lowest BCUT2D eigenvalue weighted by molar-refractivity contribution is -0.118. The number of nitrogens with one attached hydrogen (secondary N) is 1. The zero-order valence-corrected chi connectivity index (χ0v) is 16.6. The largest absolute Gasteiger partial charge is 0.494 e. The van der Waals surface area contributed by atoms with Gasteiger partial charge in [-0.3, -0.25) is 4.79 Å². The van der Waals surface area contributed by atoms with Gasteiger partial charge in [0.2, 0.25) is 0 Å². The first-order valence-electron chi connectivity index (χ1n) is 8.04. The molecular formula is C19H21BrClNO3. The SMILES string of the molecule is CC(C)CCOc1ccc(NC(=O)COc2ccc(Cl)cc2Br)cc1. The Kier molecular flexibility index (Phi) is 7.59. The van der Waals surface area contributed by atoms with Crippen LogP contribution in [-0.4, -0.2) is 19.1 Å². The Morgan fingerprint density at radius 3 is 2.52 bits per heavy atom. The van der Waals surface area contributed by atoms with Gasteiger partial charge in [-0.15, -0.1) is 0 Å². The number of amides is 1. The standard InChI is InChI=1S/C19H21BrClNO3/c1-13(2)9-10-24-16-6-4-15(5-7-16)22-19(23)12-25-18-8-3-14(21)11-17(18)20/h3-8,11,13H,9-10,12H2,1-2H3,(H,22,23). The molecule has 0 bridgehead atoms. The number of benzene rings is 2. The summed E-state index contributed by atoms with van der Waals surface area (Å²) in [6.45, 7) is 4.92. The number of halogens is 2. The first-order valence-corrected chi connectivity index (χ1v) is 9.21. The Morgan fingerprint density at radius 2 is 1.88 bits per heavy atom. The Bertz CT molecular complexity index is 704. The fourth-order valence-corrected chi connectivity index (χ4v) is 2.78. The topological polar surface area (TPSA) is 47.6 Å². The van der Waals surface area contributed by atoms with Crippen LogP contribution in [0.3, 0.4) is 0 Å². The van der Waals surface area contributed by atoms with Crippen molar-refractivity contribution in [2.75, 3.05) is 18.5 Å². The van der Waals surface area contributed by atoms with E-state index in [2.05, 4.69) is 35.1 Å². The lowest BCUT2D eigenvalue weighted by Crippen LogP contribution is -2.20. The van der Waals surface area contributed by atoms with Gasteiger partial charge in [0.25, 0.3) is 5.91 Å². The van der Waals surface area contributed by atoms with Crippen molar-refractivity contribution in [1.29, 1.82) is 0 Å². The highest BCUT2D eigenvalue weighted by Gasteiger charge is 2.07. The van der Waals surface area contributed by atoms with Crippen LogP contribution in [-0.2, 0) is 4.79 Å². The van der Waals surface area contributed by atoms with E-state index in [9.17, 15) is 4.79 Å². The van der Waals surface area contributed by atoms with E-state index in [1.807, 2.05) is 12.1 Å². The molecule has 134 valence electrons. The zero-order chi connectivity index (χ0) is 18.2. The molecule has 0 aromatic heterocycles. The van der Waals surface area contributed by atoms with E-state index in [1.54, 1.807) is 30.3 Å². The second-order valence-corrected chi connectivity index (χ2v) is 7.26. The van der Waals surface area contributed by atoms with Crippen LogP contribution in [0.15, 0.2) is 46.9 Å². The molecular weight excluding hydrogens is 406 g/mol. The van der Waals surface area contributed by atoms with Crippen molar-refractivity contribution >= 4 is 39.1 Å². The van der Waals surface area contributed by atoms with Gasteiger partial charge in [0, 0.05) is 10.7 Å². The molecule has 2 aromatic rings. The van der Waals surface area contributed by atoms with Crippen molar-refractivity contribution in [2.24, 2.45) is 5.92 Å². The molecule has 2 rings (SSSR count). The molecule has 2 aromatic carbocycles. The summed E-state index contributed by atoms with van der Waals surface area (Å²) in [7, 11) is 0. The average Bonchev–Trinajstić information content (AvgIpc) is 2.55. The van der Waals surface area contributed by atoms with Gasteiger partial charge in [0.15, 0.2) is 6.61 Å². The molecule has 1 N–H and O–H groups in total. The van der Waals surface area contributed by atoms with E-state index >= 15 is 0 Å². The van der Waals surface area contributed by atoms with Crippen molar-refractivity contribution in [3.05, 3.63) is 52.0 Å². The molecule has 0 radical (unpaired) electrons. The van der Waals surface area contributed by atoms with Crippen molar-refractivity contribution in [1.82, 2.24) is 0 Å². The van der Waals surface area contributed by atoms with Gasteiger partial charge in [0.05, 0.1) is 11.1 Å². The normalized spacial score (nSPS) is 10.6. The fourth-order valence-electron chi connectivity index (χ4n) is 1.98. The molecule has 4 nitrogen and oxygen atoms in total. The van der Waals surface area contributed by atoms with Crippen molar-refractivity contribution in [3.8, 4) is 11.5 Å². The fraction of sp³-hybridized carbons (Fsp3) is 0.316. The maximum absolute atomic E-state index is 12.0. The molecule has 0 saturated carbocycles. The molecule has 0 atom stereocenters. The molecule has 0 aliphatic rings. The molecule has 0 aliphatic heterocycles. The third-order valence-corrected chi connectivity index (χ3v) is 4.21. The Balaban J connectivity index is 1.80. The summed E-state index contributed by atoms with van der Waals surface area (Å²) < 4.78 is 11.8. The van der Waals surface area contributed by atoms with Crippen molar-refractivity contribution in [2.45, 2.75) is 20.3 Å². The predicted octanol–water partition coefficient (Wildman–Crippen LogP) is 5.54. The molecule has 0 heterocycles. The Labute approximate surface area is 161 Å². The van der Waals surface area contributed by atoms with Gasteiger partial charge in [-0.05, 0) is 70.7 Å². The van der Waals surface area contributed by atoms with Crippen LogP contribution in [0.2, 0.25) is 5.02 Å². The van der Waals surface area contributed by atoms with E-state index in [-0.39, 0.29) is 12.5 Å². The third-order valence-electron chi connectivity index (χ3n) is 3.35. The molecule has 0 saturated heterocycles. The summed E-state index contributed by atoms with van der Waals surface area (Å²) in [5, 5.41) is 3.38. The number of rotatable bonds is 8. The van der Waals surface area contributed by atoms with E-state index in [4.69, 9.17) is 21.1 Å². The predicted molar refractivity (Wildman–Crippen MR) is 105 cm³/mol. The minimum atomic E-state index is -0.240. The van der Waals surface area contributed by atoms with Gasteiger partial charge in [-0.1, -0.05) is 25.4 Å². The van der Waals surface area contributed by atoms with Crippen LogP contribution in [0.5, 0.6) is 11.5 Å². The van der Waals surface area contributed by atoms with Gasteiger partial charge < -0.3 is 14.8 Å². The first kappa shape index (κ1) is 19.6. The summed E-state index contributed by atoms with van der Waals surface area (Å²) >= 11 is 9.22. The van der Waals surface area contributed by atoms with Crippen LogP contribution in [0, 0.1) is 5.92 Å². The zero-order valence-electron chi connectivity index (χ0n) is 14.2. The maximum Gasteiger partial charge on any atom is 0.262 e. The Hall–Kier alpha value is -1.72. The average molecular weight is 427 g/mol. The first-order chi connectivity index (χ1) is 11.9. The molecule has 25 heavy (non-hydrogen) atoms. The van der Waals surface area contributed by atoms with Gasteiger partial charge in [0.1, 0.15) is 11.5 Å². The second kappa shape index (κ2) is 9.68. The second-order valence-electron chi connectivity index (χ2n) is 5.97. The van der Waals surface area contributed by atoms with Crippen LogP contribution in [0.1, 0.15) is 20.3 Å². The molecule has 0 spiro atoms. The Morgan fingerprint density at radius 1 is 1.16 bits per heavy atom. The highest BCUT2D eigenvalue weighted by Crippen LogP contribution is 2.28. The van der Waals surface area contributed by atoms with Crippen molar-refractivity contribution in [3.63, 3.8) is 0 Å². The maximum atomic E-state index is 12.0. The summed E-state index contributed by atoms with van der Waals surface area (Å²) in [4.78, 5) is 12.0. The van der Waals surface area contributed by atoms with Crippen molar-refractivity contribution < 1.29 is 14.3 Å². The third kappa shape index (κ3) is 6.96.